The van der Waals surface area contributed by atoms with Crippen LogP contribution in [0.15, 0.2) is 84.9 Å². The van der Waals surface area contributed by atoms with Crippen LogP contribution in [0.2, 0.25) is 0 Å². The van der Waals surface area contributed by atoms with Gasteiger partial charge in [0.05, 0.1) is 5.75 Å². The van der Waals surface area contributed by atoms with E-state index < -0.39 is 0 Å². The van der Waals surface area contributed by atoms with Gasteiger partial charge in [-0.1, -0.05) is 60.7 Å². The normalized spacial score (nSPS) is 15.8. The van der Waals surface area contributed by atoms with E-state index in [0.717, 1.165) is 30.5 Å². The first kappa shape index (κ1) is 21.2. The number of thioether (sulfide) groups is 1. The smallest absolute Gasteiger partial charge is 0.251 e. The SMILES string of the molecule is O=C(NCCCCc1ccccc1)c1cccc(C2SCC(=O)N2c2ccccc2)c1. The molecule has 31 heavy (non-hydrogen) atoms. The maximum absolute atomic E-state index is 12.7. The van der Waals surface area contributed by atoms with Crippen LogP contribution < -0.4 is 10.2 Å². The summed E-state index contributed by atoms with van der Waals surface area (Å²) >= 11 is 1.59. The molecule has 3 aromatic carbocycles. The van der Waals surface area contributed by atoms with Gasteiger partial charge in [-0.25, -0.2) is 0 Å². The lowest BCUT2D eigenvalue weighted by molar-refractivity contribution is -0.115. The Labute approximate surface area is 187 Å². The third-order valence-electron chi connectivity index (χ3n) is 5.36. The second-order valence-corrected chi connectivity index (χ2v) is 8.66. The molecule has 158 valence electrons. The molecule has 1 aliphatic heterocycles. The van der Waals surface area contributed by atoms with Crippen LogP contribution >= 0.6 is 11.8 Å². The van der Waals surface area contributed by atoms with Crippen molar-refractivity contribution in [1.82, 2.24) is 5.32 Å². The van der Waals surface area contributed by atoms with Crippen LogP contribution in [0, 0.1) is 0 Å². The molecule has 1 N–H and O–H groups in total. The second-order valence-electron chi connectivity index (χ2n) is 7.59. The second kappa shape index (κ2) is 10.3. The van der Waals surface area contributed by atoms with Crippen molar-refractivity contribution in [2.75, 3.05) is 17.2 Å². The topological polar surface area (TPSA) is 49.4 Å². The fourth-order valence-corrected chi connectivity index (χ4v) is 4.94. The monoisotopic (exact) mass is 430 g/mol. The summed E-state index contributed by atoms with van der Waals surface area (Å²) in [6.45, 7) is 0.655. The van der Waals surface area contributed by atoms with Crippen molar-refractivity contribution >= 4 is 29.3 Å². The standard InChI is InChI=1S/C26H26N2O2S/c29-24-19-31-26(28(24)23-15-5-2-6-16-23)22-14-9-13-21(18-22)25(30)27-17-8-7-12-20-10-3-1-4-11-20/h1-6,9-11,13-16,18,26H,7-8,12,17,19H2,(H,27,30). The predicted octanol–water partition coefficient (Wildman–Crippen LogP) is 5.22. The Morgan fingerprint density at radius 1 is 0.935 bits per heavy atom. The van der Waals surface area contributed by atoms with Gasteiger partial charge < -0.3 is 5.32 Å². The van der Waals surface area contributed by atoms with Gasteiger partial charge in [0.2, 0.25) is 5.91 Å². The van der Waals surface area contributed by atoms with Crippen LogP contribution in [0.1, 0.15) is 39.7 Å². The highest BCUT2D eigenvalue weighted by Crippen LogP contribution is 2.41. The number of aryl methyl sites for hydroxylation is 1. The fourth-order valence-electron chi connectivity index (χ4n) is 3.77. The zero-order chi connectivity index (χ0) is 21.5. The van der Waals surface area contributed by atoms with Crippen molar-refractivity contribution in [3.8, 4) is 0 Å². The van der Waals surface area contributed by atoms with Crippen LogP contribution in [0.4, 0.5) is 5.69 Å². The van der Waals surface area contributed by atoms with Gasteiger partial charge in [0.25, 0.3) is 5.91 Å². The van der Waals surface area contributed by atoms with Crippen LogP contribution in [-0.4, -0.2) is 24.1 Å². The predicted molar refractivity (Wildman–Crippen MR) is 127 cm³/mol. The largest absolute Gasteiger partial charge is 0.352 e. The summed E-state index contributed by atoms with van der Waals surface area (Å²) in [6, 6.07) is 27.7. The highest BCUT2D eigenvalue weighted by molar-refractivity contribution is 8.00. The number of unbranched alkanes of at least 4 members (excludes halogenated alkanes) is 1. The van der Waals surface area contributed by atoms with E-state index in [1.807, 2.05) is 65.6 Å². The van der Waals surface area contributed by atoms with Crippen molar-refractivity contribution in [3.63, 3.8) is 0 Å². The molecular weight excluding hydrogens is 404 g/mol. The number of hydrogen-bond donors (Lipinski definition) is 1. The molecule has 3 aromatic rings. The van der Waals surface area contributed by atoms with E-state index in [0.29, 0.717) is 17.9 Å². The zero-order valence-corrected chi connectivity index (χ0v) is 18.2. The van der Waals surface area contributed by atoms with Crippen molar-refractivity contribution in [3.05, 3.63) is 102 Å². The molecule has 0 bridgehead atoms. The molecule has 2 amide bonds. The van der Waals surface area contributed by atoms with Gasteiger partial charge in [-0.15, -0.1) is 11.8 Å². The van der Waals surface area contributed by atoms with Gasteiger partial charge in [0.15, 0.2) is 0 Å². The Kier molecular flexibility index (Phi) is 7.05. The minimum absolute atomic E-state index is 0.0675. The van der Waals surface area contributed by atoms with Crippen molar-refractivity contribution in [2.45, 2.75) is 24.6 Å². The van der Waals surface area contributed by atoms with Gasteiger partial charge in [-0.2, -0.15) is 0 Å². The Balaban J connectivity index is 1.35. The van der Waals surface area contributed by atoms with Crippen LogP contribution in [0.3, 0.4) is 0 Å². The van der Waals surface area contributed by atoms with Crippen LogP contribution in [-0.2, 0) is 11.2 Å². The molecule has 4 rings (SSSR count). The van der Waals surface area contributed by atoms with Crippen molar-refractivity contribution in [1.29, 1.82) is 0 Å². The molecular formula is C26H26N2O2S. The quantitative estimate of drug-likeness (QED) is 0.499. The van der Waals surface area contributed by atoms with E-state index in [9.17, 15) is 9.59 Å². The Bertz CT molecular complexity index is 1020. The van der Waals surface area contributed by atoms with Crippen molar-refractivity contribution < 1.29 is 9.59 Å². The van der Waals surface area contributed by atoms with E-state index in [2.05, 4.69) is 29.6 Å². The minimum atomic E-state index is -0.117. The fraction of sp³-hybridized carbons (Fsp3) is 0.231. The number of benzene rings is 3. The maximum atomic E-state index is 12.7. The Morgan fingerprint density at radius 3 is 2.45 bits per heavy atom. The van der Waals surface area contributed by atoms with Gasteiger partial charge in [-0.05, 0) is 54.7 Å². The summed E-state index contributed by atoms with van der Waals surface area (Å²) < 4.78 is 0. The Hall–Kier alpha value is -3.05. The average molecular weight is 431 g/mol. The molecule has 0 aromatic heterocycles. The number of para-hydroxylation sites is 1. The summed E-state index contributed by atoms with van der Waals surface area (Å²) in [5.74, 6) is 0.467. The molecule has 5 heteroatoms. The number of carbonyl (C=O) groups is 2. The van der Waals surface area contributed by atoms with E-state index in [1.54, 1.807) is 11.8 Å². The van der Waals surface area contributed by atoms with Crippen LogP contribution in [0.5, 0.6) is 0 Å². The molecule has 1 aliphatic rings. The summed E-state index contributed by atoms with van der Waals surface area (Å²) in [6.07, 6.45) is 3.00. The molecule has 1 fully saturated rings. The molecule has 0 radical (unpaired) electrons. The van der Waals surface area contributed by atoms with Gasteiger partial charge >= 0.3 is 0 Å². The van der Waals surface area contributed by atoms with E-state index in [1.165, 1.54) is 5.56 Å². The average Bonchev–Trinajstić information content (AvgIpc) is 3.21. The molecule has 1 unspecified atom stereocenters. The molecule has 0 aliphatic carbocycles. The number of carbonyl (C=O) groups excluding carboxylic acids is 2. The summed E-state index contributed by atoms with van der Waals surface area (Å²) in [5.41, 5.74) is 3.81. The lowest BCUT2D eigenvalue weighted by atomic mass is 10.1. The number of hydrogen-bond acceptors (Lipinski definition) is 3. The maximum Gasteiger partial charge on any atom is 0.251 e. The van der Waals surface area contributed by atoms with E-state index in [4.69, 9.17) is 0 Å². The molecule has 0 saturated carbocycles. The molecule has 4 nitrogen and oxygen atoms in total. The first-order chi connectivity index (χ1) is 15.2. The number of nitrogens with zero attached hydrogens (tertiary/aromatic N) is 1. The van der Waals surface area contributed by atoms with Gasteiger partial charge in [-0.3, -0.25) is 14.5 Å². The van der Waals surface area contributed by atoms with Crippen LogP contribution in [0.25, 0.3) is 0 Å². The van der Waals surface area contributed by atoms with E-state index in [-0.39, 0.29) is 17.2 Å². The highest BCUT2D eigenvalue weighted by Gasteiger charge is 2.34. The minimum Gasteiger partial charge on any atom is -0.352 e. The molecule has 0 spiro atoms. The molecule has 1 atom stereocenters. The first-order valence-electron chi connectivity index (χ1n) is 10.6. The summed E-state index contributed by atoms with van der Waals surface area (Å²) in [5, 5.41) is 2.91. The summed E-state index contributed by atoms with van der Waals surface area (Å²) in [4.78, 5) is 27.0. The number of amides is 2. The first-order valence-corrected chi connectivity index (χ1v) is 11.7. The third-order valence-corrected chi connectivity index (χ3v) is 6.57. The molecule has 1 heterocycles. The lowest BCUT2D eigenvalue weighted by Gasteiger charge is -2.24. The number of anilines is 1. The lowest BCUT2D eigenvalue weighted by Crippen LogP contribution is -2.28. The number of nitrogens with one attached hydrogen (secondary N) is 1. The zero-order valence-electron chi connectivity index (χ0n) is 17.4. The highest BCUT2D eigenvalue weighted by atomic mass is 32.2. The third kappa shape index (κ3) is 5.36. The number of rotatable bonds is 8. The van der Waals surface area contributed by atoms with Gasteiger partial charge in [0, 0.05) is 17.8 Å². The Morgan fingerprint density at radius 2 is 1.68 bits per heavy atom. The van der Waals surface area contributed by atoms with Crippen molar-refractivity contribution in [2.24, 2.45) is 0 Å². The summed E-state index contributed by atoms with van der Waals surface area (Å²) in [7, 11) is 0. The van der Waals surface area contributed by atoms with E-state index >= 15 is 0 Å². The van der Waals surface area contributed by atoms with Gasteiger partial charge in [0.1, 0.15) is 5.37 Å². The molecule has 1 saturated heterocycles.